The van der Waals surface area contributed by atoms with Crippen molar-refractivity contribution in [1.29, 1.82) is 0 Å². The van der Waals surface area contributed by atoms with E-state index in [9.17, 15) is 0 Å². The van der Waals surface area contributed by atoms with Crippen LogP contribution in [-0.2, 0) is 5.54 Å². The van der Waals surface area contributed by atoms with E-state index >= 15 is 0 Å². The molecule has 1 aliphatic rings. The Morgan fingerprint density at radius 1 is 1.11 bits per heavy atom. The Morgan fingerprint density at radius 2 is 1.93 bits per heavy atom. The summed E-state index contributed by atoms with van der Waals surface area (Å²) in [5.74, 6) is 1.38. The number of likely N-dealkylation sites (N-methyl/N-ethyl adjacent to an activating group) is 1. The van der Waals surface area contributed by atoms with Crippen molar-refractivity contribution in [2.24, 2.45) is 10.7 Å². The lowest BCUT2D eigenvalue weighted by molar-refractivity contribution is 0.409. The Morgan fingerprint density at radius 3 is 2.57 bits per heavy atom. The van der Waals surface area contributed by atoms with Crippen LogP contribution in [0.5, 0.6) is 5.75 Å². The number of hydrogen-bond donors (Lipinski definition) is 1. The average molecular weight is 373 g/mol. The third-order valence-corrected chi connectivity index (χ3v) is 5.23. The molecule has 0 bridgehead atoms. The molecule has 0 amide bonds. The molecule has 0 saturated carbocycles. The van der Waals surface area contributed by atoms with E-state index in [1.165, 1.54) is 0 Å². The number of hydrogen-bond acceptors (Lipinski definition) is 6. The maximum Gasteiger partial charge on any atom is 0.192 e. The molecule has 28 heavy (non-hydrogen) atoms. The summed E-state index contributed by atoms with van der Waals surface area (Å²) in [5.41, 5.74) is 10.6. The minimum atomic E-state index is -0.589. The molecule has 0 radical (unpaired) electrons. The fraction of sp³-hybridized carbons (Fsp3) is 0.227. The predicted octanol–water partition coefficient (Wildman–Crippen LogP) is 2.96. The Labute approximate surface area is 164 Å². The molecule has 142 valence electrons. The number of aliphatic imine (C=N–C) groups is 1. The molecule has 4 rings (SSSR count). The SMILES string of the molecule is COc1ccc(C2(c3cccc(-c4cnccn4)c3)CN(C)C(N)=N2)cc1C. The van der Waals surface area contributed by atoms with E-state index in [2.05, 4.69) is 34.2 Å². The lowest BCUT2D eigenvalue weighted by Crippen LogP contribution is -2.34. The second-order valence-corrected chi connectivity index (χ2v) is 7.04. The molecule has 1 unspecified atom stereocenters. The Balaban J connectivity index is 1.88. The first-order chi connectivity index (χ1) is 13.5. The van der Waals surface area contributed by atoms with Crippen LogP contribution in [0.4, 0.5) is 0 Å². The van der Waals surface area contributed by atoms with Gasteiger partial charge in [0.2, 0.25) is 0 Å². The fourth-order valence-electron chi connectivity index (χ4n) is 3.74. The van der Waals surface area contributed by atoms with Crippen molar-refractivity contribution in [3.8, 4) is 17.0 Å². The molecule has 3 aromatic rings. The van der Waals surface area contributed by atoms with E-state index in [1.807, 2.05) is 37.1 Å². The van der Waals surface area contributed by atoms with Gasteiger partial charge < -0.3 is 15.4 Å². The normalized spacial score (nSPS) is 18.8. The molecule has 2 heterocycles. The standard InChI is InChI=1S/C22H23N5O/c1-15-11-18(7-8-20(15)28-3)22(14-27(2)21(23)26-22)17-6-4-5-16(12-17)19-13-24-9-10-25-19/h4-13H,14H2,1-3H3,(H2,23,26). The number of nitrogens with zero attached hydrogens (tertiary/aromatic N) is 4. The molecule has 1 aliphatic heterocycles. The van der Waals surface area contributed by atoms with Crippen LogP contribution in [0.15, 0.2) is 66.0 Å². The smallest absolute Gasteiger partial charge is 0.192 e. The summed E-state index contributed by atoms with van der Waals surface area (Å²) in [6.45, 7) is 2.70. The number of methoxy groups -OCH3 is 1. The molecule has 1 atom stereocenters. The third-order valence-electron chi connectivity index (χ3n) is 5.23. The van der Waals surface area contributed by atoms with Crippen molar-refractivity contribution in [3.05, 3.63) is 77.7 Å². The third kappa shape index (κ3) is 2.97. The summed E-state index contributed by atoms with van der Waals surface area (Å²) in [7, 11) is 3.64. The number of rotatable bonds is 4. The van der Waals surface area contributed by atoms with Crippen LogP contribution >= 0.6 is 0 Å². The number of aromatic nitrogens is 2. The largest absolute Gasteiger partial charge is 0.496 e. The van der Waals surface area contributed by atoms with E-state index in [4.69, 9.17) is 15.5 Å². The van der Waals surface area contributed by atoms with Gasteiger partial charge >= 0.3 is 0 Å². The molecule has 0 saturated heterocycles. The van der Waals surface area contributed by atoms with E-state index in [0.29, 0.717) is 12.5 Å². The van der Waals surface area contributed by atoms with Gasteiger partial charge in [-0.2, -0.15) is 0 Å². The summed E-state index contributed by atoms with van der Waals surface area (Å²) in [4.78, 5) is 15.5. The van der Waals surface area contributed by atoms with Gasteiger partial charge in [-0.1, -0.05) is 24.3 Å². The van der Waals surface area contributed by atoms with Gasteiger partial charge in [-0.25, -0.2) is 4.99 Å². The van der Waals surface area contributed by atoms with Crippen molar-refractivity contribution in [3.63, 3.8) is 0 Å². The van der Waals surface area contributed by atoms with Crippen LogP contribution in [-0.4, -0.2) is 41.5 Å². The van der Waals surface area contributed by atoms with Crippen molar-refractivity contribution in [2.45, 2.75) is 12.5 Å². The summed E-state index contributed by atoms with van der Waals surface area (Å²) in [6, 6.07) is 14.5. The zero-order valence-corrected chi connectivity index (χ0v) is 16.3. The van der Waals surface area contributed by atoms with Crippen molar-refractivity contribution >= 4 is 5.96 Å². The topological polar surface area (TPSA) is 76.6 Å². The number of guanidine groups is 1. The number of benzene rings is 2. The summed E-state index contributed by atoms with van der Waals surface area (Å²) >= 11 is 0. The van der Waals surface area contributed by atoms with Gasteiger partial charge in [-0.3, -0.25) is 9.97 Å². The first-order valence-corrected chi connectivity index (χ1v) is 9.12. The summed E-state index contributed by atoms with van der Waals surface area (Å²) in [5, 5.41) is 0. The predicted molar refractivity (Wildman–Crippen MR) is 110 cm³/mol. The van der Waals surface area contributed by atoms with Gasteiger partial charge in [0.15, 0.2) is 5.96 Å². The number of aryl methyl sites for hydroxylation is 1. The minimum absolute atomic E-state index is 0.526. The molecule has 0 fully saturated rings. The molecular formula is C22H23N5O. The van der Waals surface area contributed by atoms with Crippen LogP contribution in [0.2, 0.25) is 0 Å². The van der Waals surface area contributed by atoms with Crippen LogP contribution < -0.4 is 10.5 Å². The van der Waals surface area contributed by atoms with Gasteiger partial charge in [0.25, 0.3) is 0 Å². The summed E-state index contributed by atoms with van der Waals surface area (Å²) in [6.07, 6.45) is 5.14. The van der Waals surface area contributed by atoms with Gasteiger partial charge in [0, 0.05) is 25.0 Å². The van der Waals surface area contributed by atoms with Crippen molar-refractivity contribution in [2.75, 3.05) is 20.7 Å². The van der Waals surface area contributed by atoms with Crippen molar-refractivity contribution in [1.82, 2.24) is 14.9 Å². The molecule has 6 heteroatoms. The summed E-state index contributed by atoms with van der Waals surface area (Å²) < 4.78 is 5.43. The molecule has 2 aromatic carbocycles. The van der Waals surface area contributed by atoms with Gasteiger partial charge in [-0.15, -0.1) is 0 Å². The van der Waals surface area contributed by atoms with Gasteiger partial charge in [-0.05, 0) is 41.8 Å². The van der Waals surface area contributed by atoms with Crippen LogP contribution in [0, 0.1) is 6.92 Å². The molecule has 0 spiro atoms. The van der Waals surface area contributed by atoms with E-state index in [1.54, 1.807) is 25.7 Å². The van der Waals surface area contributed by atoms with E-state index in [0.717, 1.165) is 33.7 Å². The first-order valence-electron chi connectivity index (χ1n) is 9.12. The lowest BCUT2D eigenvalue weighted by atomic mass is 9.82. The van der Waals surface area contributed by atoms with Crippen LogP contribution in [0.1, 0.15) is 16.7 Å². The minimum Gasteiger partial charge on any atom is -0.496 e. The van der Waals surface area contributed by atoms with Crippen LogP contribution in [0.25, 0.3) is 11.3 Å². The maximum absolute atomic E-state index is 6.20. The highest BCUT2D eigenvalue weighted by Gasteiger charge is 2.41. The quantitative estimate of drug-likeness (QED) is 0.761. The number of ether oxygens (including phenoxy) is 1. The molecular weight excluding hydrogens is 350 g/mol. The van der Waals surface area contributed by atoms with E-state index < -0.39 is 5.54 Å². The second-order valence-electron chi connectivity index (χ2n) is 7.04. The molecule has 2 N–H and O–H groups in total. The average Bonchev–Trinajstić information content (AvgIpc) is 3.04. The van der Waals surface area contributed by atoms with Crippen LogP contribution in [0.3, 0.4) is 0 Å². The lowest BCUT2D eigenvalue weighted by Gasteiger charge is -2.29. The molecule has 0 aliphatic carbocycles. The highest BCUT2D eigenvalue weighted by Crippen LogP contribution is 2.40. The van der Waals surface area contributed by atoms with Gasteiger partial charge in [0.05, 0.1) is 25.5 Å². The number of nitrogens with two attached hydrogens (primary N) is 1. The highest BCUT2D eigenvalue weighted by atomic mass is 16.5. The van der Waals surface area contributed by atoms with Crippen molar-refractivity contribution < 1.29 is 4.74 Å². The molecule has 1 aromatic heterocycles. The monoisotopic (exact) mass is 373 g/mol. The van der Waals surface area contributed by atoms with Gasteiger partial charge in [0.1, 0.15) is 11.3 Å². The van der Waals surface area contributed by atoms with E-state index in [-0.39, 0.29) is 0 Å². The highest BCUT2D eigenvalue weighted by molar-refractivity contribution is 5.81. The molecule has 6 nitrogen and oxygen atoms in total. The zero-order chi connectivity index (χ0) is 19.7. The first kappa shape index (κ1) is 18.0. The Hall–Kier alpha value is -3.41. The fourth-order valence-corrected chi connectivity index (χ4v) is 3.74. The Bertz CT molecular complexity index is 1030. The Kier molecular flexibility index (Phi) is 4.47. The second kappa shape index (κ2) is 6.96. The maximum atomic E-state index is 6.20. The zero-order valence-electron chi connectivity index (χ0n) is 16.3.